The lowest BCUT2D eigenvalue weighted by Gasteiger charge is -2.10. The van der Waals surface area contributed by atoms with Crippen molar-refractivity contribution < 1.29 is 18.8 Å². The second kappa shape index (κ2) is 7.86. The Morgan fingerprint density at radius 3 is 2.62 bits per heavy atom. The lowest BCUT2D eigenvalue weighted by molar-refractivity contribution is 0.101. The van der Waals surface area contributed by atoms with Crippen LogP contribution < -0.4 is 15.4 Å². The molecule has 1 aliphatic heterocycles. The van der Waals surface area contributed by atoms with Gasteiger partial charge < -0.3 is 19.9 Å². The molecule has 0 atom stereocenters. The van der Waals surface area contributed by atoms with E-state index in [1.807, 2.05) is 12.1 Å². The van der Waals surface area contributed by atoms with Crippen molar-refractivity contribution in [3.8, 4) is 22.8 Å². The summed E-state index contributed by atoms with van der Waals surface area (Å²) in [6, 6.07) is 19.1. The van der Waals surface area contributed by atoms with Gasteiger partial charge >= 0.3 is 0 Å². The second-order valence-corrected chi connectivity index (χ2v) is 7.57. The summed E-state index contributed by atoms with van der Waals surface area (Å²) < 4.78 is 11.1. The van der Waals surface area contributed by atoms with Crippen LogP contribution in [0.15, 0.2) is 71.3 Å². The number of aromatic nitrogens is 1. The molecule has 1 aliphatic rings. The Labute approximate surface area is 187 Å². The van der Waals surface area contributed by atoms with E-state index in [9.17, 15) is 9.59 Å². The van der Waals surface area contributed by atoms with Crippen LogP contribution in [0.1, 0.15) is 26.5 Å². The van der Waals surface area contributed by atoms with Crippen molar-refractivity contribution >= 4 is 34.8 Å². The summed E-state index contributed by atoms with van der Waals surface area (Å²) in [5.74, 6) is 0.517. The number of carbonyl (C=O) groups is 2. The SMILES string of the molecule is Cc1onc(-c2ccccc2Cl)c1C(=O)Nc1ccc2c(c1)C(=O)Nc1ccccc1O2. The summed E-state index contributed by atoms with van der Waals surface area (Å²) in [4.78, 5) is 25.8. The Hall–Kier alpha value is -4.10. The van der Waals surface area contributed by atoms with E-state index in [0.29, 0.717) is 50.5 Å². The fourth-order valence-corrected chi connectivity index (χ4v) is 3.74. The van der Waals surface area contributed by atoms with E-state index in [4.69, 9.17) is 20.9 Å². The van der Waals surface area contributed by atoms with Crippen LogP contribution in [0.25, 0.3) is 11.3 Å². The van der Waals surface area contributed by atoms with E-state index >= 15 is 0 Å². The Balaban J connectivity index is 1.46. The highest BCUT2D eigenvalue weighted by Crippen LogP contribution is 2.37. The Bertz CT molecular complexity index is 1380. The molecule has 1 aromatic heterocycles. The van der Waals surface area contributed by atoms with Crippen LogP contribution in [0.2, 0.25) is 5.02 Å². The van der Waals surface area contributed by atoms with E-state index < -0.39 is 5.91 Å². The smallest absolute Gasteiger partial charge is 0.261 e. The molecule has 7 nitrogen and oxygen atoms in total. The van der Waals surface area contributed by atoms with Crippen molar-refractivity contribution in [3.05, 3.63) is 88.6 Å². The molecule has 0 radical (unpaired) electrons. The fourth-order valence-electron chi connectivity index (χ4n) is 3.51. The molecule has 0 saturated heterocycles. The number of nitrogens with one attached hydrogen (secondary N) is 2. The first-order valence-electron chi connectivity index (χ1n) is 9.76. The summed E-state index contributed by atoms with van der Waals surface area (Å²) in [5, 5.41) is 10.1. The molecule has 2 heterocycles. The molecular formula is C24H16ClN3O4. The maximum atomic E-state index is 13.1. The molecule has 2 N–H and O–H groups in total. The van der Waals surface area contributed by atoms with Gasteiger partial charge in [0.1, 0.15) is 22.8 Å². The summed E-state index contributed by atoms with van der Waals surface area (Å²) in [7, 11) is 0. The highest BCUT2D eigenvalue weighted by atomic mass is 35.5. The van der Waals surface area contributed by atoms with Crippen LogP contribution in [0.4, 0.5) is 11.4 Å². The largest absolute Gasteiger partial charge is 0.454 e. The van der Waals surface area contributed by atoms with E-state index in [1.54, 1.807) is 61.5 Å². The standard InChI is InChI=1S/C24H16ClN3O4/c1-13-21(22(28-32-13)15-6-2-3-7-17(15)25)24(30)26-14-10-11-19-16(12-14)23(29)27-18-8-4-5-9-20(18)31-19/h2-12H,1H3,(H,26,30)(H,27,29). The van der Waals surface area contributed by atoms with Crippen LogP contribution in [0.3, 0.4) is 0 Å². The lowest BCUT2D eigenvalue weighted by Crippen LogP contribution is -2.15. The summed E-state index contributed by atoms with van der Waals surface area (Å²) in [6.07, 6.45) is 0. The number of halogens is 1. The van der Waals surface area contributed by atoms with Crippen molar-refractivity contribution in [2.75, 3.05) is 10.6 Å². The van der Waals surface area contributed by atoms with Gasteiger partial charge in [-0.25, -0.2) is 0 Å². The van der Waals surface area contributed by atoms with Gasteiger partial charge in [0, 0.05) is 11.3 Å². The summed E-state index contributed by atoms with van der Waals surface area (Å²) >= 11 is 6.28. The molecule has 0 spiro atoms. The zero-order valence-corrected chi connectivity index (χ0v) is 17.6. The number of aryl methyl sites for hydroxylation is 1. The van der Waals surface area contributed by atoms with Crippen LogP contribution in [0.5, 0.6) is 11.5 Å². The molecule has 2 amide bonds. The molecule has 32 heavy (non-hydrogen) atoms. The average Bonchev–Trinajstić information content (AvgIpc) is 3.10. The minimum absolute atomic E-state index is 0.265. The number of nitrogens with zero attached hydrogens (tertiary/aromatic N) is 1. The Morgan fingerprint density at radius 1 is 1.00 bits per heavy atom. The van der Waals surface area contributed by atoms with Gasteiger partial charge in [-0.1, -0.05) is 47.1 Å². The van der Waals surface area contributed by atoms with Gasteiger partial charge in [0.2, 0.25) is 0 Å². The van der Waals surface area contributed by atoms with Gasteiger partial charge in [0.15, 0.2) is 5.75 Å². The first kappa shape index (κ1) is 19.8. The minimum Gasteiger partial charge on any atom is -0.454 e. The van der Waals surface area contributed by atoms with Crippen molar-refractivity contribution in [3.63, 3.8) is 0 Å². The number of anilines is 2. The predicted molar refractivity (Wildman–Crippen MR) is 121 cm³/mol. The van der Waals surface area contributed by atoms with Gasteiger partial charge in [0.25, 0.3) is 11.8 Å². The van der Waals surface area contributed by atoms with E-state index in [1.165, 1.54) is 0 Å². The molecule has 0 saturated carbocycles. The third-order valence-corrected chi connectivity index (χ3v) is 5.39. The lowest BCUT2D eigenvalue weighted by atomic mass is 10.1. The maximum Gasteiger partial charge on any atom is 0.261 e. The number of hydrogen-bond acceptors (Lipinski definition) is 5. The number of benzene rings is 3. The highest BCUT2D eigenvalue weighted by molar-refractivity contribution is 6.33. The number of hydrogen-bond donors (Lipinski definition) is 2. The molecule has 5 rings (SSSR count). The number of ether oxygens (including phenoxy) is 1. The normalized spacial score (nSPS) is 12.1. The zero-order valence-electron chi connectivity index (χ0n) is 16.8. The first-order valence-corrected chi connectivity index (χ1v) is 10.1. The van der Waals surface area contributed by atoms with Crippen LogP contribution in [-0.4, -0.2) is 17.0 Å². The molecule has 0 fully saturated rings. The molecule has 0 bridgehead atoms. The summed E-state index contributed by atoms with van der Waals surface area (Å²) in [5.41, 5.74) is 2.49. The molecule has 0 unspecified atom stereocenters. The van der Waals surface area contributed by atoms with Crippen molar-refractivity contribution in [2.24, 2.45) is 0 Å². The fraction of sp³-hybridized carbons (Fsp3) is 0.0417. The molecule has 158 valence electrons. The van der Waals surface area contributed by atoms with Gasteiger partial charge in [0.05, 0.1) is 16.3 Å². The van der Waals surface area contributed by atoms with Crippen LogP contribution in [0, 0.1) is 6.92 Å². The van der Waals surface area contributed by atoms with Gasteiger partial charge in [-0.15, -0.1) is 0 Å². The quantitative estimate of drug-likeness (QED) is 0.408. The van der Waals surface area contributed by atoms with Crippen molar-refractivity contribution in [1.82, 2.24) is 5.16 Å². The summed E-state index contributed by atoms with van der Waals surface area (Å²) in [6.45, 7) is 1.65. The molecule has 4 aromatic rings. The van der Waals surface area contributed by atoms with Crippen molar-refractivity contribution in [2.45, 2.75) is 6.92 Å². The minimum atomic E-state index is -0.433. The van der Waals surface area contributed by atoms with Gasteiger partial charge in [-0.2, -0.15) is 0 Å². The van der Waals surface area contributed by atoms with E-state index in [0.717, 1.165) is 0 Å². The number of rotatable bonds is 3. The second-order valence-electron chi connectivity index (χ2n) is 7.16. The van der Waals surface area contributed by atoms with Crippen LogP contribution >= 0.6 is 11.6 Å². The highest BCUT2D eigenvalue weighted by Gasteiger charge is 2.25. The number of fused-ring (bicyclic) bond motifs is 2. The Kier molecular flexibility index (Phi) is 4.88. The van der Waals surface area contributed by atoms with E-state index in [2.05, 4.69) is 15.8 Å². The Morgan fingerprint density at radius 2 is 1.78 bits per heavy atom. The van der Waals surface area contributed by atoms with Crippen LogP contribution in [-0.2, 0) is 0 Å². The third-order valence-electron chi connectivity index (χ3n) is 5.06. The molecule has 0 aliphatic carbocycles. The third kappa shape index (κ3) is 3.48. The topological polar surface area (TPSA) is 93.5 Å². The molecule has 8 heteroatoms. The maximum absolute atomic E-state index is 13.1. The molecular weight excluding hydrogens is 430 g/mol. The first-order chi connectivity index (χ1) is 15.5. The predicted octanol–water partition coefficient (Wildman–Crippen LogP) is 5.91. The van der Waals surface area contributed by atoms with Gasteiger partial charge in [-0.3, -0.25) is 9.59 Å². The monoisotopic (exact) mass is 445 g/mol. The van der Waals surface area contributed by atoms with Crippen molar-refractivity contribution in [1.29, 1.82) is 0 Å². The zero-order chi connectivity index (χ0) is 22.2. The van der Waals surface area contributed by atoms with Gasteiger partial charge in [-0.05, 0) is 43.3 Å². The number of carbonyl (C=O) groups excluding carboxylic acids is 2. The number of amides is 2. The number of para-hydroxylation sites is 2. The molecule has 3 aromatic carbocycles. The van der Waals surface area contributed by atoms with E-state index in [-0.39, 0.29) is 11.5 Å². The average molecular weight is 446 g/mol.